The molecule has 1 heterocycles. The molecule has 3 rings (SSSR count). The number of hydrogen-bond donors (Lipinski definition) is 0. The Labute approximate surface area is 157 Å². The molecular weight excluding hydrogens is 462 g/mol. The second kappa shape index (κ2) is 7.41. The lowest BCUT2D eigenvalue weighted by Gasteiger charge is -2.05. The van der Waals surface area contributed by atoms with Crippen LogP contribution in [-0.4, -0.2) is 25.1 Å². The molecule has 0 N–H and O–H groups in total. The molecule has 0 aliphatic carbocycles. The van der Waals surface area contributed by atoms with E-state index in [-0.39, 0.29) is 5.69 Å². The Hall–Kier alpha value is -1.78. The lowest BCUT2D eigenvalue weighted by molar-refractivity contribution is -0.385. The zero-order valence-corrected chi connectivity index (χ0v) is 16.0. The van der Waals surface area contributed by atoms with Crippen LogP contribution in [0.4, 0.5) is 5.69 Å². The van der Waals surface area contributed by atoms with Gasteiger partial charge in [-0.3, -0.25) is 10.1 Å². The molecule has 0 unspecified atom stereocenters. The molecule has 0 amide bonds. The Balaban J connectivity index is 1.80. The summed E-state index contributed by atoms with van der Waals surface area (Å²) in [6, 6.07) is 12.5. The van der Waals surface area contributed by atoms with E-state index in [2.05, 4.69) is 47.4 Å². The van der Waals surface area contributed by atoms with Gasteiger partial charge in [0, 0.05) is 26.8 Å². The first-order valence-electron chi connectivity index (χ1n) is 6.64. The van der Waals surface area contributed by atoms with Crippen molar-refractivity contribution in [3.8, 4) is 5.69 Å². The van der Waals surface area contributed by atoms with Crippen LogP contribution in [0.25, 0.3) is 5.69 Å². The van der Waals surface area contributed by atoms with Gasteiger partial charge in [-0.2, -0.15) is 4.68 Å². The van der Waals surface area contributed by atoms with Crippen molar-refractivity contribution in [2.24, 2.45) is 0 Å². The van der Waals surface area contributed by atoms with Gasteiger partial charge in [-0.25, -0.2) is 0 Å². The maximum atomic E-state index is 10.9. The van der Waals surface area contributed by atoms with Crippen molar-refractivity contribution >= 4 is 49.3 Å². The average Bonchev–Trinajstić information content (AvgIpc) is 3.01. The third kappa shape index (κ3) is 4.00. The van der Waals surface area contributed by atoms with Gasteiger partial charge in [-0.15, -0.1) is 5.10 Å². The zero-order chi connectivity index (χ0) is 17.1. The van der Waals surface area contributed by atoms with Crippen molar-refractivity contribution in [3.05, 3.63) is 67.1 Å². The van der Waals surface area contributed by atoms with Crippen molar-refractivity contribution < 1.29 is 4.92 Å². The predicted molar refractivity (Wildman–Crippen MR) is 97.2 cm³/mol. The molecule has 0 aliphatic rings. The molecule has 0 spiro atoms. The van der Waals surface area contributed by atoms with Gasteiger partial charge in [-0.1, -0.05) is 43.6 Å². The van der Waals surface area contributed by atoms with Gasteiger partial charge in [0.15, 0.2) is 0 Å². The molecule has 7 nitrogen and oxygen atoms in total. The number of thioether (sulfide) groups is 1. The fourth-order valence-corrected chi connectivity index (χ4v) is 3.60. The van der Waals surface area contributed by atoms with Gasteiger partial charge in [0.05, 0.1) is 10.6 Å². The van der Waals surface area contributed by atoms with Crippen LogP contribution in [-0.2, 0) is 5.75 Å². The molecule has 0 saturated carbocycles. The molecule has 10 heteroatoms. The third-order valence-electron chi connectivity index (χ3n) is 3.03. The Bertz CT molecular complexity index is 885. The maximum Gasteiger partial charge on any atom is 0.270 e. The van der Waals surface area contributed by atoms with Crippen molar-refractivity contribution in [1.82, 2.24) is 20.2 Å². The minimum atomic E-state index is -0.412. The Morgan fingerprint density at radius 3 is 2.58 bits per heavy atom. The van der Waals surface area contributed by atoms with Crippen LogP contribution in [0.2, 0.25) is 0 Å². The van der Waals surface area contributed by atoms with Crippen LogP contribution in [0.5, 0.6) is 0 Å². The molecule has 3 aromatic rings. The summed E-state index contributed by atoms with van der Waals surface area (Å²) in [6.45, 7) is 0. The summed E-state index contributed by atoms with van der Waals surface area (Å²) in [5, 5.41) is 23.3. The third-order valence-corrected chi connectivity index (χ3v) is 5.01. The minimum Gasteiger partial charge on any atom is -0.258 e. The number of benzene rings is 2. The normalized spacial score (nSPS) is 10.8. The smallest absolute Gasteiger partial charge is 0.258 e. The highest BCUT2D eigenvalue weighted by Gasteiger charge is 2.12. The van der Waals surface area contributed by atoms with Crippen molar-refractivity contribution in [3.63, 3.8) is 0 Å². The lowest BCUT2D eigenvalue weighted by atomic mass is 10.2. The van der Waals surface area contributed by atoms with Gasteiger partial charge >= 0.3 is 0 Å². The Morgan fingerprint density at radius 2 is 1.88 bits per heavy atom. The largest absolute Gasteiger partial charge is 0.270 e. The highest BCUT2D eigenvalue weighted by molar-refractivity contribution is 9.10. The van der Waals surface area contributed by atoms with E-state index < -0.39 is 4.92 Å². The molecule has 122 valence electrons. The van der Waals surface area contributed by atoms with Gasteiger partial charge in [0.25, 0.3) is 5.69 Å². The molecule has 0 fully saturated rings. The number of rotatable bonds is 5. The number of tetrazole rings is 1. The van der Waals surface area contributed by atoms with E-state index in [9.17, 15) is 10.1 Å². The number of non-ortho nitro benzene ring substituents is 1. The molecule has 24 heavy (non-hydrogen) atoms. The average molecular weight is 471 g/mol. The van der Waals surface area contributed by atoms with Crippen molar-refractivity contribution in [2.45, 2.75) is 10.9 Å². The van der Waals surface area contributed by atoms with Crippen LogP contribution in [0.15, 0.2) is 56.6 Å². The molecule has 0 radical (unpaired) electrons. The van der Waals surface area contributed by atoms with Crippen LogP contribution in [0.1, 0.15) is 5.56 Å². The molecule has 1 aromatic heterocycles. The summed E-state index contributed by atoms with van der Waals surface area (Å²) in [4.78, 5) is 10.5. The van der Waals surface area contributed by atoms with Crippen LogP contribution in [0.3, 0.4) is 0 Å². The first-order chi connectivity index (χ1) is 11.5. The second-order valence-electron chi connectivity index (χ2n) is 4.71. The first-order valence-corrected chi connectivity index (χ1v) is 9.21. The maximum absolute atomic E-state index is 10.9. The topological polar surface area (TPSA) is 86.7 Å². The van der Waals surface area contributed by atoms with Crippen LogP contribution >= 0.6 is 43.6 Å². The number of nitro groups is 1. The van der Waals surface area contributed by atoms with E-state index in [1.54, 1.807) is 10.7 Å². The summed E-state index contributed by atoms with van der Waals surface area (Å²) < 4.78 is 3.26. The Kier molecular flexibility index (Phi) is 5.27. The van der Waals surface area contributed by atoms with Crippen LogP contribution in [0, 0.1) is 10.1 Å². The van der Waals surface area contributed by atoms with Gasteiger partial charge in [0.1, 0.15) is 0 Å². The second-order valence-corrected chi connectivity index (χ2v) is 7.49. The molecule has 0 saturated heterocycles. The number of hydrogen-bond acceptors (Lipinski definition) is 6. The van der Waals surface area contributed by atoms with Gasteiger partial charge in [0.2, 0.25) is 5.16 Å². The van der Waals surface area contributed by atoms with E-state index in [1.807, 2.05) is 30.3 Å². The summed E-state index contributed by atoms with van der Waals surface area (Å²) in [5.74, 6) is 0.511. The lowest BCUT2D eigenvalue weighted by Crippen LogP contribution is -1.99. The molecule has 0 aliphatic heterocycles. The summed E-state index contributed by atoms with van der Waals surface area (Å²) in [5.41, 5.74) is 1.70. The quantitative estimate of drug-likeness (QED) is 0.312. The SMILES string of the molecule is O=[N+]([O-])c1cc(Br)cc(CSc2nnnn2-c2ccc(Br)cc2)c1. The van der Waals surface area contributed by atoms with E-state index in [0.717, 1.165) is 15.7 Å². The zero-order valence-electron chi connectivity index (χ0n) is 12.0. The highest BCUT2D eigenvalue weighted by Crippen LogP contribution is 2.27. The van der Waals surface area contributed by atoms with Crippen LogP contribution < -0.4 is 0 Å². The number of aromatic nitrogens is 4. The first kappa shape index (κ1) is 17.1. The van der Waals surface area contributed by atoms with E-state index >= 15 is 0 Å². The standard InChI is InChI=1S/C14H9Br2N5O2S/c15-10-1-3-12(4-2-10)20-14(17-18-19-20)24-8-9-5-11(16)7-13(6-9)21(22)23/h1-7H,8H2. The monoisotopic (exact) mass is 469 g/mol. The summed E-state index contributed by atoms with van der Waals surface area (Å²) >= 11 is 8.09. The van der Waals surface area contributed by atoms with Gasteiger partial charge in [-0.05, 0) is 46.3 Å². The highest BCUT2D eigenvalue weighted by atomic mass is 79.9. The van der Waals surface area contributed by atoms with Crippen molar-refractivity contribution in [2.75, 3.05) is 0 Å². The van der Waals surface area contributed by atoms with Gasteiger partial charge < -0.3 is 0 Å². The fourth-order valence-electron chi connectivity index (χ4n) is 1.98. The van der Waals surface area contributed by atoms with E-state index in [1.165, 1.54) is 17.8 Å². The molecular formula is C14H9Br2N5O2S. The number of halogens is 2. The van der Waals surface area contributed by atoms with E-state index in [0.29, 0.717) is 15.4 Å². The fraction of sp³-hybridized carbons (Fsp3) is 0.0714. The minimum absolute atomic E-state index is 0.0486. The number of nitro benzene ring substituents is 1. The summed E-state index contributed by atoms with van der Waals surface area (Å²) in [6.07, 6.45) is 0. The van der Waals surface area contributed by atoms with Crippen molar-refractivity contribution in [1.29, 1.82) is 0 Å². The molecule has 0 bridgehead atoms. The number of nitrogens with zero attached hydrogens (tertiary/aromatic N) is 5. The molecule has 2 aromatic carbocycles. The Morgan fingerprint density at radius 1 is 1.12 bits per heavy atom. The molecule has 0 atom stereocenters. The summed E-state index contributed by atoms with van der Waals surface area (Å²) in [7, 11) is 0. The predicted octanol–water partition coefficient (Wildman–Crippen LogP) is 4.39. The van der Waals surface area contributed by atoms with E-state index in [4.69, 9.17) is 0 Å².